The van der Waals surface area contributed by atoms with E-state index in [0.29, 0.717) is 0 Å². The van der Waals surface area contributed by atoms with Gasteiger partial charge in [-0.05, 0) is 17.7 Å². The van der Waals surface area contributed by atoms with Gasteiger partial charge in [-0.1, -0.05) is 26.0 Å². The SMILES string of the molecule is CCC(=O)OC(C)(Cc1ccc(O)cc1)OC(=O)CC. The molecule has 5 nitrogen and oxygen atoms in total. The number of hydrogen-bond acceptors (Lipinski definition) is 5. The molecule has 1 rings (SSSR count). The van der Waals surface area contributed by atoms with Crippen LogP contribution < -0.4 is 0 Å². The molecular formula is C15H20O5. The van der Waals surface area contributed by atoms with E-state index in [1.165, 1.54) is 12.1 Å². The van der Waals surface area contributed by atoms with Gasteiger partial charge in [0.1, 0.15) is 5.75 Å². The van der Waals surface area contributed by atoms with Crippen molar-refractivity contribution in [3.8, 4) is 5.75 Å². The van der Waals surface area contributed by atoms with Gasteiger partial charge in [0.05, 0.1) is 0 Å². The fraction of sp³-hybridized carbons (Fsp3) is 0.467. The Kier molecular flexibility index (Phi) is 5.55. The molecular weight excluding hydrogens is 260 g/mol. The number of aromatic hydroxyl groups is 1. The summed E-state index contributed by atoms with van der Waals surface area (Å²) >= 11 is 0. The molecule has 0 saturated heterocycles. The summed E-state index contributed by atoms with van der Waals surface area (Å²) in [7, 11) is 0. The molecule has 1 aromatic carbocycles. The van der Waals surface area contributed by atoms with Gasteiger partial charge < -0.3 is 14.6 Å². The van der Waals surface area contributed by atoms with Gasteiger partial charge in [0.15, 0.2) is 0 Å². The van der Waals surface area contributed by atoms with E-state index in [4.69, 9.17) is 9.47 Å². The van der Waals surface area contributed by atoms with Gasteiger partial charge in [0.25, 0.3) is 5.79 Å². The standard InChI is InChI=1S/C15H20O5/c1-4-13(17)19-15(3,20-14(18)5-2)10-11-6-8-12(16)9-7-11/h6-9,16H,4-5,10H2,1-3H3. The largest absolute Gasteiger partial charge is 0.508 e. The molecule has 0 amide bonds. The first kappa shape index (κ1) is 16.0. The van der Waals surface area contributed by atoms with Crippen LogP contribution in [0.4, 0.5) is 0 Å². The number of esters is 2. The maximum Gasteiger partial charge on any atom is 0.308 e. The molecule has 0 spiro atoms. The minimum Gasteiger partial charge on any atom is -0.508 e. The van der Waals surface area contributed by atoms with Crippen LogP contribution in [0.3, 0.4) is 0 Å². The lowest BCUT2D eigenvalue weighted by molar-refractivity contribution is -0.221. The third-order valence-corrected chi connectivity index (χ3v) is 2.70. The normalized spacial score (nSPS) is 10.9. The third-order valence-electron chi connectivity index (χ3n) is 2.70. The molecule has 0 aromatic heterocycles. The van der Waals surface area contributed by atoms with E-state index < -0.39 is 17.7 Å². The maximum atomic E-state index is 11.5. The molecule has 0 heterocycles. The van der Waals surface area contributed by atoms with E-state index >= 15 is 0 Å². The maximum absolute atomic E-state index is 11.5. The molecule has 5 heteroatoms. The minimum atomic E-state index is -1.34. The molecule has 0 saturated carbocycles. The van der Waals surface area contributed by atoms with Crippen LogP contribution in [-0.2, 0) is 25.5 Å². The zero-order chi connectivity index (χ0) is 15.2. The molecule has 0 aliphatic heterocycles. The Labute approximate surface area is 118 Å². The highest BCUT2D eigenvalue weighted by Crippen LogP contribution is 2.22. The summed E-state index contributed by atoms with van der Waals surface area (Å²) in [6.45, 7) is 4.90. The summed E-state index contributed by atoms with van der Waals surface area (Å²) in [6.07, 6.45) is 0.633. The summed E-state index contributed by atoms with van der Waals surface area (Å²) in [5.74, 6) is -2.06. The lowest BCUT2D eigenvalue weighted by Gasteiger charge is -2.29. The molecule has 0 aliphatic carbocycles. The zero-order valence-corrected chi connectivity index (χ0v) is 12.0. The van der Waals surface area contributed by atoms with Crippen LogP contribution in [0.5, 0.6) is 5.75 Å². The summed E-state index contributed by atoms with van der Waals surface area (Å²) in [5.41, 5.74) is 0.790. The number of rotatable bonds is 6. The Bertz CT molecular complexity index is 446. The first-order valence-corrected chi connectivity index (χ1v) is 6.60. The summed E-state index contributed by atoms with van der Waals surface area (Å²) in [6, 6.07) is 6.43. The van der Waals surface area contributed by atoms with Crippen LogP contribution in [0.2, 0.25) is 0 Å². The summed E-state index contributed by atoms with van der Waals surface area (Å²) in [5, 5.41) is 9.25. The number of hydrogen-bond donors (Lipinski definition) is 1. The third kappa shape index (κ3) is 4.91. The predicted molar refractivity (Wildman–Crippen MR) is 73.0 cm³/mol. The lowest BCUT2D eigenvalue weighted by Crippen LogP contribution is -2.39. The number of carbonyl (C=O) groups excluding carboxylic acids is 2. The quantitative estimate of drug-likeness (QED) is 0.640. The molecule has 110 valence electrons. The van der Waals surface area contributed by atoms with Gasteiger partial charge in [-0.15, -0.1) is 0 Å². The average Bonchev–Trinajstić information content (AvgIpc) is 2.40. The Balaban J connectivity index is 2.88. The lowest BCUT2D eigenvalue weighted by atomic mass is 10.1. The van der Waals surface area contributed by atoms with E-state index in [0.717, 1.165) is 5.56 Å². The van der Waals surface area contributed by atoms with Crippen molar-refractivity contribution in [2.24, 2.45) is 0 Å². The van der Waals surface area contributed by atoms with Gasteiger partial charge in [-0.3, -0.25) is 9.59 Å². The van der Waals surface area contributed by atoms with E-state index in [2.05, 4.69) is 0 Å². The monoisotopic (exact) mass is 280 g/mol. The van der Waals surface area contributed by atoms with Crippen molar-refractivity contribution < 1.29 is 24.2 Å². The Morgan fingerprint density at radius 1 is 1.05 bits per heavy atom. The molecule has 0 aliphatic rings. The number of ether oxygens (including phenoxy) is 2. The van der Waals surface area contributed by atoms with Crippen molar-refractivity contribution in [3.63, 3.8) is 0 Å². The van der Waals surface area contributed by atoms with Crippen molar-refractivity contribution in [1.82, 2.24) is 0 Å². The number of phenols is 1. The van der Waals surface area contributed by atoms with Gasteiger partial charge in [0, 0.05) is 26.2 Å². The van der Waals surface area contributed by atoms with Gasteiger partial charge >= 0.3 is 11.9 Å². The molecule has 1 aromatic rings. The first-order chi connectivity index (χ1) is 9.38. The Hall–Kier alpha value is -2.04. The van der Waals surface area contributed by atoms with Crippen molar-refractivity contribution in [2.45, 2.75) is 45.8 Å². The molecule has 0 atom stereocenters. The molecule has 0 unspecified atom stereocenters. The minimum absolute atomic E-state index is 0.145. The van der Waals surface area contributed by atoms with Crippen molar-refractivity contribution in [2.75, 3.05) is 0 Å². The Morgan fingerprint density at radius 2 is 1.50 bits per heavy atom. The van der Waals surface area contributed by atoms with Crippen molar-refractivity contribution >= 4 is 11.9 Å². The fourth-order valence-corrected chi connectivity index (χ4v) is 1.70. The number of phenolic OH excluding ortho intramolecular Hbond substituents is 1. The number of benzene rings is 1. The Morgan fingerprint density at radius 3 is 1.90 bits per heavy atom. The van der Waals surface area contributed by atoms with Crippen LogP contribution in [-0.4, -0.2) is 22.8 Å². The van der Waals surface area contributed by atoms with Crippen LogP contribution in [0, 0.1) is 0 Å². The predicted octanol–water partition coefficient (Wildman–Crippen LogP) is 2.56. The second kappa shape index (κ2) is 6.93. The van der Waals surface area contributed by atoms with Crippen LogP contribution >= 0.6 is 0 Å². The second-order valence-corrected chi connectivity index (χ2v) is 4.63. The molecule has 1 N–H and O–H groups in total. The van der Waals surface area contributed by atoms with E-state index in [1.54, 1.807) is 32.9 Å². The van der Waals surface area contributed by atoms with Gasteiger partial charge in [0.2, 0.25) is 0 Å². The summed E-state index contributed by atoms with van der Waals surface area (Å²) < 4.78 is 10.5. The summed E-state index contributed by atoms with van der Waals surface area (Å²) in [4.78, 5) is 23.0. The zero-order valence-electron chi connectivity index (χ0n) is 12.0. The molecule has 0 bridgehead atoms. The molecule has 0 radical (unpaired) electrons. The molecule has 20 heavy (non-hydrogen) atoms. The smallest absolute Gasteiger partial charge is 0.308 e. The van der Waals surface area contributed by atoms with Crippen LogP contribution in [0.1, 0.15) is 39.2 Å². The van der Waals surface area contributed by atoms with Crippen molar-refractivity contribution in [1.29, 1.82) is 0 Å². The highest BCUT2D eigenvalue weighted by Gasteiger charge is 2.32. The first-order valence-electron chi connectivity index (χ1n) is 6.60. The van der Waals surface area contributed by atoms with Crippen LogP contribution in [0.15, 0.2) is 24.3 Å². The van der Waals surface area contributed by atoms with E-state index in [9.17, 15) is 14.7 Å². The van der Waals surface area contributed by atoms with Gasteiger partial charge in [-0.25, -0.2) is 0 Å². The van der Waals surface area contributed by atoms with Crippen molar-refractivity contribution in [3.05, 3.63) is 29.8 Å². The van der Waals surface area contributed by atoms with Gasteiger partial charge in [-0.2, -0.15) is 0 Å². The highest BCUT2D eigenvalue weighted by atomic mass is 16.7. The average molecular weight is 280 g/mol. The van der Waals surface area contributed by atoms with E-state index in [-0.39, 0.29) is 25.0 Å². The second-order valence-electron chi connectivity index (χ2n) is 4.63. The van der Waals surface area contributed by atoms with Crippen LogP contribution in [0.25, 0.3) is 0 Å². The topological polar surface area (TPSA) is 72.8 Å². The fourth-order valence-electron chi connectivity index (χ4n) is 1.70. The molecule has 0 fully saturated rings. The highest BCUT2D eigenvalue weighted by molar-refractivity contribution is 5.71. The van der Waals surface area contributed by atoms with E-state index in [1.807, 2.05) is 0 Å². The number of carbonyl (C=O) groups is 2.